The highest BCUT2D eigenvalue weighted by molar-refractivity contribution is 7.90. The van der Waals surface area contributed by atoms with E-state index in [0.29, 0.717) is 22.5 Å². The second kappa shape index (κ2) is 8.67. The third kappa shape index (κ3) is 4.16. The van der Waals surface area contributed by atoms with Crippen LogP contribution in [0.15, 0.2) is 65.6 Å². The van der Waals surface area contributed by atoms with Gasteiger partial charge in [-0.2, -0.15) is 0 Å². The van der Waals surface area contributed by atoms with Gasteiger partial charge >= 0.3 is 0 Å². The van der Waals surface area contributed by atoms with Crippen LogP contribution in [-0.4, -0.2) is 67.4 Å². The molecule has 4 atom stereocenters. The second-order valence-corrected chi connectivity index (χ2v) is 11.1. The molecular formula is C26H23FN2O6S. The first-order valence-corrected chi connectivity index (χ1v) is 13.3. The molecule has 0 radical (unpaired) electrons. The van der Waals surface area contributed by atoms with Gasteiger partial charge in [0.25, 0.3) is 0 Å². The highest BCUT2D eigenvalue weighted by atomic mass is 32.2. The summed E-state index contributed by atoms with van der Waals surface area (Å²) in [5, 5.41) is 9.90. The molecule has 10 heteroatoms. The van der Waals surface area contributed by atoms with Crippen molar-refractivity contribution in [3.63, 3.8) is 0 Å². The molecule has 2 saturated heterocycles. The number of aromatic amines is 1. The zero-order valence-corrected chi connectivity index (χ0v) is 20.0. The minimum absolute atomic E-state index is 0.207. The number of sulfone groups is 1. The maximum absolute atomic E-state index is 15.0. The van der Waals surface area contributed by atoms with Crippen LogP contribution in [0, 0.1) is 5.82 Å². The predicted octanol–water partition coefficient (Wildman–Crippen LogP) is 3.35. The normalized spacial score (nSPS) is 23.8. The summed E-state index contributed by atoms with van der Waals surface area (Å²) in [6.07, 6.45) is -0.635. The Labute approximate surface area is 206 Å². The maximum atomic E-state index is 15.0. The van der Waals surface area contributed by atoms with Gasteiger partial charge in [-0.1, -0.05) is 36.4 Å². The van der Waals surface area contributed by atoms with Crippen molar-refractivity contribution >= 4 is 20.9 Å². The number of H-pyrrole nitrogens is 1. The Morgan fingerprint density at radius 1 is 0.972 bits per heavy atom. The second-order valence-electron chi connectivity index (χ2n) is 9.08. The Morgan fingerprint density at radius 2 is 1.61 bits per heavy atom. The molecule has 2 fully saturated rings. The summed E-state index contributed by atoms with van der Waals surface area (Å²) in [6.45, 7) is 0.501. The van der Waals surface area contributed by atoms with E-state index in [4.69, 9.17) is 14.2 Å². The number of pyridine rings is 1. The van der Waals surface area contributed by atoms with Crippen molar-refractivity contribution in [1.29, 1.82) is 0 Å². The van der Waals surface area contributed by atoms with Crippen molar-refractivity contribution < 1.29 is 32.1 Å². The summed E-state index contributed by atoms with van der Waals surface area (Å²) in [4.78, 5) is 7.80. The summed E-state index contributed by atoms with van der Waals surface area (Å²) in [6, 6.07) is 16.9. The average Bonchev–Trinajstić information content (AvgIpc) is 3.55. The summed E-state index contributed by atoms with van der Waals surface area (Å²) >= 11 is 0. The number of aliphatic hydroxyl groups is 1. The average molecular weight is 511 g/mol. The van der Waals surface area contributed by atoms with Gasteiger partial charge in [-0.3, -0.25) is 0 Å². The van der Waals surface area contributed by atoms with Crippen LogP contribution >= 0.6 is 0 Å². The molecule has 4 aromatic rings. The third-order valence-electron chi connectivity index (χ3n) is 6.57. The van der Waals surface area contributed by atoms with Gasteiger partial charge in [0.2, 0.25) is 0 Å². The molecule has 4 heterocycles. The number of hydrogen-bond donors (Lipinski definition) is 2. The van der Waals surface area contributed by atoms with Crippen molar-refractivity contribution in [3.8, 4) is 28.3 Å². The van der Waals surface area contributed by atoms with Crippen LogP contribution in [0.5, 0.6) is 5.88 Å². The van der Waals surface area contributed by atoms with Crippen molar-refractivity contribution in [2.75, 3.05) is 19.5 Å². The van der Waals surface area contributed by atoms with Crippen LogP contribution < -0.4 is 4.74 Å². The fraction of sp³-hybridized carbons (Fsp3) is 0.269. The molecule has 0 saturated carbocycles. The van der Waals surface area contributed by atoms with Crippen LogP contribution in [0.3, 0.4) is 0 Å². The highest BCUT2D eigenvalue weighted by Gasteiger charge is 2.48. The molecule has 0 bridgehead atoms. The lowest BCUT2D eigenvalue weighted by Crippen LogP contribution is -2.34. The lowest BCUT2D eigenvalue weighted by atomic mass is 10.0. The Balaban J connectivity index is 1.23. The lowest BCUT2D eigenvalue weighted by Gasteiger charge is -2.16. The minimum Gasteiger partial charge on any atom is -0.470 e. The number of ether oxygens (including phenoxy) is 3. The number of nitrogens with one attached hydrogen (secondary N) is 1. The van der Waals surface area contributed by atoms with Crippen LogP contribution in [0.1, 0.15) is 0 Å². The number of rotatable bonds is 5. The Hall–Kier alpha value is -3.31. The summed E-state index contributed by atoms with van der Waals surface area (Å²) in [5.41, 5.74) is 3.57. The number of benzene rings is 2. The summed E-state index contributed by atoms with van der Waals surface area (Å²) in [7, 11) is -3.26. The van der Waals surface area contributed by atoms with E-state index >= 15 is 0 Å². The van der Waals surface area contributed by atoms with Gasteiger partial charge in [0.15, 0.2) is 27.6 Å². The van der Waals surface area contributed by atoms with E-state index in [0.717, 1.165) is 11.1 Å². The monoisotopic (exact) mass is 510 g/mol. The molecular weight excluding hydrogens is 487 g/mol. The Bertz CT molecular complexity index is 1540. The molecule has 2 aliphatic heterocycles. The summed E-state index contributed by atoms with van der Waals surface area (Å²) in [5.74, 6) is -0.0613. The summed E-state index contributed by atoms with van der Waals surface area (Å²) < 4.78 is 55.5. The van der Waals surface area contributed by atoms with E-state index in [9.17, 15) is 17.9 Å². The predicted molar refractivity (Wildman–Crippen MR) is 130 cm³/mol. The van der Waals surface area contributed by atoms with E-state index in [1.165, 1.54) is 12.3 Å². The zero-order chi connectivity index (χ0) is 25.0. The van der Waals surface area contributed by atoms with Gasteiger partial charge in [0.05, 0.1) is 29.1 Å². The van der Waals surface area contributed by atoms with E-state index < -0.39 is 27.9 Å². The Kier molecular flexibility index (Phi) is 5.56. The van der Waals surface area contributed by atoms with Gasteiger partial charge < -0.3 is 24.3 Å². The third-order valence-corrected chi connectivity index (χ3v) is 7.69. The molecule has 6 rings (SSSR count). The molecule has 2 aromatic heterocycles. The molecule has 0 spiro atoms. The van der Waals surface area contributed by atoms with Gasteiger partial charge in [-0.05, 0) is 23.3 Å². The van der Waals surface area contributed by atoms with Crippen molar-refractivity contribution in [3.05, 3.63) is 66.5 Å². The molecule has 36 heavy (non-hydrogen) atoms. The first kappa shape index (κ1) is 23.1. The van der Waals surface area contributed by atoms with Crippen LogP contribution in [0.2, 0.25) is 0 Å². The SMILES string of the molecule is CS(=O)(=O)c1ccc(-c2ccc(-c3nc4cc(O[C@@H]5CO[C@H]6[C@@H]5OC[C@H]6O)[nH]c4cc3F)cc2)cc1. The quantitative estimate of drug-likeness (QED) is 0.424. The highest BCUT2D eigenvalue weighted by Crippen LogP contribution is 2.32. The largest absolute Gasteiger partial charge is 0.470 e. The molecule has 8 nitrogen and oxygen atoms in total. The number of fused-ring (bicyclic) bond motifs is 2. The number of hydrogen-bond acceptors (Lipinski definition) is 7. The minimum atomic E-state index is -3.26. The van der Waals surface area contributed by atoms with E-state index in [-0.39, 0.29) is 36.0 Å². The smallest absolute Gasteiger partial charge is 0.193 e. The molecule has 186 valence electrons. The number of aliphatic hydroxyl groups excluding tert-OH is 1. The first-order chi connectivity index (χ1) is 17.3. The van der Waals surface area contributed by atoms with Crippen molar-refractivity contribution in [1.82, 2.24) is 9.97 Å². The fourth-order valence-corrected chi connectivity index (χ4v) is 5.33. The fourth-order valence-electron chi connectivity index (χ4n) is 4.70. The van der Waals surface area contributed by atoms with Crippen LogP contribution in [-0.2, 0) is 19.3 Å². The molecule has 2 N–H and O–H groups in total. The molecule has 0 unspecified atom stereocenters. The number of halogens is 1. The standard InChI is InChI=1S/C26H23FN2O6S/c1-36(31,32)17-8-6-15(7-9-17)14-2-4-16(5-3-14)24-18(27)10-19-20(29-24)11-23(28-19)35-22-13-34-25-21(30)12-33-26(22)25/h2-11,21-22,25-26,28,30H,12-13H2,1H3/t21-,22-,25-,26-/m1/s1. The topological polar surface area (TPSA) is 111 Å². The van der Waals surface area contributed by atoms with E-state index in [1.54, 1.807) is 42.5 Å². The lowest BCUT2D eigenvalue weighted by molar-refractivity contribution is 0.00794. The van der Waals surface area contributed by atoms with Gasteiger partial charge in [0.1, 0.15) is 24.0 Å². The maximum Gasteiger partial charge on any atom is 0.193 e. The number of aromatic nitrogens is 2. The molecule has 2 aliphatic rings. The van der Waals surface area contributed by atoms with Gasteiger partial charge in [0, 0.05) is 24.0 Å². The van der Waals surface area contributed by atoms with Crippen molar-refractivity contribution in [2.24, 2.45) is 0 Å². The van der Waals surface area contributed by atoms with E-state index in [1.807, 2.05) is 12.1 Å². The Morgan fingerprint density at radius 3 is 2.31 bits per heavy atom. The van der Waals surface area contributed by atoms with Crippen LogP contribution in [0.25, 0.3) is 33.4 Å². The zero-order valence-electron chi connectivity index (χ0n) is 19.2. The first-order valence-electron chi connectivity index (χ1n) is 11.4. The van der Waals surface area contributed by atoms with Crippen molar-refractivity contribution in [2.45, 2.75) is 29.3 Å². The molecule has 0 amide bonds. The number of nitrogens with zero attached hydrogens (tertiary/aromatic N) is 1. The molecule has 0 aliphatic carbocycles. The van der Waals surface area contributed by atoms with Crippen LogP contribution in [0.4, 0.5) is 4.39 Å². The molecule has 2 aromatic carbocycles. The van der Waals surface area contributed by atoms with Gasteiger partial charge in [-0.15, -0.1) is 0 Å². The van der Waals surface area contributed by atoms with Gasteiger partial charge in [-0.25, -0.2) is 17.8 Å². The van der Waals surface area contributed by atoms with E-state index in [2.05, 4.69) is 9.97 Å².